The van der Waals surface area contributed by atoms with Crippen LogP contribution in [0.4, 0.5) is 0 Å². The molecule has 1 saturated heterocycles. The zero-order valence-electron chi connectivity index (χ0n) is 21.5. The molecule has 33 heavy (non-hydrogen) atoms. The minimum atomic E-state index is -1.94. The Morgan fingerprint density at radius 3 is 2.36 bits per heavy atom. The summed E-state index contributed by atoms with van der Waals surface area (Å²) in [6, 6.07) is 10.3. The number of carbonyl (C=O) groups is 1. The summed E-state index contributed by atoms with van der Waals surface area (Å²) < 4.78 is 13.3. The molecule has 0 spiro atoms. The van der Waals surface area contributed by atoms with Gasteiger partial charge >= 0.3 is 0 Å². The molecular weight excluding hydrogens is 465 g/mol. The van der Waals surface area contributed by atoms with Crippen molar-refractivity contribution in [2.24, 2.45) is 5.92 Å². The van der Waals surface area contributed by atoms with Crippen LogP contribution in [0.2, 0.25) is 18.1 Å². The minimum Gasteiger partial charge on any atom is -0.410 e. The molecule has 3 nitrogen and oxygen atoms in total. The quantitative estimate of drug-likeness (QED) is 0.155. The Labute approximate surface area is 212 Å². The molecule has 0 N–H and O–H groups in total. The Hall–Kier alpha value is -0.533. The highest BCUT2D eigenvalue weighted by Crippen LogP contribution is 2.53. The number of hydrogen-bond acceptors (Lipinski definition) is 5. The molecule has 6 heteroatoms. The van der Waals surface area contributed by atoms with Crippen LogP contribution in [0.1, 0.15) is 58.9 Å². The second kappa shape index (κ2) is 13.0. The normalized spacial score (nSPS) is 19.5. The van der Waals surface area contributed by atoms with Gasteiger partial charge in [0.25, 0.3) is 0 Å². The highest BCUT2D eigenvalue weighted by atomic mass is 32.2. The fourth-order valence-corrected chi connectivity index (χ4v) is 8.90. The molecule has 0 aliphatic carbocycles. The number of hydrogen-bond donors (Lipinski definition) is 0. The predicted molar refractivity (Wildman–Crippen MR) is 149 cm³/mol. The van der Waals surface area contributed by atoms with Gasteiger partial charge in [0.05, 0.1) is 22.9 Å². The van der Waals surface area contributed by atoms with Gasteiger partial charge in [0.1, 0.15) is 6.29 Å². The van der Waals surface area contributed by atoms with E-state index in [9.17, 15) is 4.79 Å². The highest BCUT2D eigenvalue weighted by molar-refractivity contribution is 8.18. The molecule has 0 saturated carbocycles. The molecule has 0 unspecified atom stereocenters. The van der Waals surface area contributed by atoms with Crippen molar-refractivity contribution in [3.63, 3.8) is 0 Å². The molecule has 1 aliphatic heterocycles. The van der Waals surface area contributed by atoms with Crippen molar-refractivity contribution in [2.75, 3.05) is 11.5 Å². The first kappa shape index (κ1) is 28.7. The number of thioether (sulfide) groups is 2. The van der Waals surface area contributed by atoms with E-state index >= 15 is 0 Å². The van der Waals surface area contributed by atoms with Crippen LogP contribution < -0.4 is 0 Å². The van der Waals surface area contributed by atoms with E-state index in [0.717, 1.165) is 30.6 Å². The lowest BCUT2D eigenvalue weighted by molar-refractivity contribution is -0.108. The third-order valence-electron chi connectivity index (χ3n) is 7.08. The van der Waals surface area contributed by atoms with E-state index in [1.54, 1.807) is 0 Å². The van der Waals surface area contributed by atoms with Crippen LogP contribution in [0.5, 0.6) is 0 Å². The van der Waals surface area contributed by atoms with Crippen molar-refractivity contribution in [3.05, 3.63) is 48.6 Å². The lowest BCUT2D eigenvalue weighted by atomic mass is 9.94. The number of rotatable bonds is 13. The average Bonchev–Trinajstić information content (AvgIpc) is 2.79. The van der Waals surface area contributed by atoms with E-state index in [4.69, 9.17) is 9.16 Å². The molecule has 1 fully saturated rings. The van der Waals surface area contributed by atoms with E-state index in [-0.39, 0.29) is 21.3 Å². The summed E-state index contributed by atoms with van der Waals surface area (Å²) in [6.07, 6.45) is 6.51. The Bertz CT molecular complexity index is 727. The van der Waals surface area contributed by atoms with Gasteiger partial charge in [-0.25, -0.2) is 0 Å². The Morgan fingerprint density at radius 1 is 1.18 bits per heavy atom. The van der Waals surface area contributed by atoms with E-state index in [1.807, 2.05) is 24.3 Å². The van der Waals surface area contributed by atoms with Crippen molar-refractivity contribution < 1.29 is 14.0 Å². The third-order valence-corrected chi connectivity index (χ3v) is 15.3. The Kier molecular flexibility index (Phi) is 11.3. The second-order valence-electron chi connectivity index (χ2n) is 10.6. The maximum atomic E-state index is 11.2. The fraction of sp³-hybridized carbons (Fsp3) is 0.667. The second-order valence-corrected chi connectivity index (χ2v) is 18.5. The monoisotopic (exact) mass is 508 g/mol. The van der Waals surface area contributed by atoms with Gasteiger partial charge in [-0.05, 0) is 54.5 Å². The smallest absolute Gasteiger partial charge is 0.192 e. The van der Waals surface area contributed by atoms with Crippen LogP contribution >= 0.6 is 23.5 Å². The van der Waals surface area contributed by atoms with Gasteiger partial charge in [0.15, 0.2) is 8.32 Å². The van der Waals surface area contributed by atoms with Crippen molar-refractivity contribution in [3.8, 4) is 0 Å². The van der Waals surface area contributed by atoms with Crippen LogP contribution in [0.3, 0.4) is 0 Å². The summed E-state index contributed by atoms with van der Waals surface area (Å²) >= 11 is 4.12. The average molecular weight is 509 g/mol. The van der Waals surface area contributed by atoms with Crippen LogP contribution in [0, 0.1) is 5.92 Å². The molecule has 3 atom stereocenters. The highest BCUT2D eigenvalue weighted by Gasteiger charge is 2.47. The van der Waals surface area contributed by atoms with Gasteiger partial charge in [-0.15, -0.1) is 30.1 Å². The summed E-state index contributed by atoms with van der Waals surface area (Å²) in [5.41, 5.74) is 1.17. The number of aldehydes is 1. The molecule has 2 rings (SSSR count). The summed E-state index contributed by atoms with van der Waals surface area (Å²) in [5.74, 6) is 2.60. The molecule has 0 radical (unpaired) electrons. The van der Waals surface area contributed by atoms with Crippen molar-refractivity contribution in [1.29, 1.82) is 0 Å². The summed E-state index contributed by atoms with van der Waals surface area (Å²) in [5, 5.41) is 0.152. The minimum absolute atomic E-state index is 0.00448. The van der Waals surface area contributed by atoms with E-state index in [2.05, 4.69) is 83.0 Å². The van der Waals surface area contributed by atoms with Gasteiger partial charge in [0.2, 0.25) is 0 Å². The molecule has 186 valence electrons. The zero-order chi connectivity index (χ0) is 24.5. The van der Waals surface area contributed by atoms with Crippen LogP contribution in [0.25, 0.3) is 0 Å². The maximum Gasteiger partial charge on any atom is 0.192 e. The summed E-state index contributed by atoms with van der Waals surface area (Å²) in [6.45, 7) is 18.6. The lowest BCUT2D eigenvalue weighted by Crippen LogP contribution is -2.49. The zero-order valence-corrected chi connectivity index (χ0v) is 24.1. The Morgan fingerprint density at radius 2 is 1.82 bits per heavy atom. The molecule has 1 aromatic carbocycles. The van der Waals surface area contributed by atoms with E-state index in [1.165, 1.54) is 12.0 Å². The molecule has 0 bridgehead atoms. The summed E-state index contributed by atoms with van der Waals surface area (Å²) in [7, 11) is -1.94. The SMILES string of the molecule is C=C[C@H](O[Si](C)(C)C(C)(C)C)[C@@H](C)C1(C[C@H](CCC=O)OCc2ccccc2)SCCCS1. The van der Waals surface area contributed by atoms with Crippen molar-refractivity contribution in [1.82, 2.24) is 0 Å². The molecule has 1 aliphatic rings. The lowest BCUT2D eigenvalue weighted by Gasteiger charge is -2.47. The fourth-order valence-electron chi connectivity index (χ4n) is 3.88. The maximum absolute atomic E-state index is 11.2. The first-order valence-electron chi connectivity index (χ1n) is 12.2. The third kappa shape index (κ3) is 8.27. The Balaban J connectivity index is 2.23. The molecule has 1 aromatic rings. The molecule has 0 aromatic heterocycles. The van der Waals surface area contributed by atoms with Crippen molar-refractivity contribution in [2.45, 2.75) is 94.4 Å². The van der Waals surface area contributed by atoms with Crippen LogP contribution in [-0.4, -0.2) is 42.4 Å². The largest absolute Gasteiger partial charge is 0.410 e. The molecule has 1 heterocycles. The predicted octanol–water partition coefficient (Wildman–Crippen LogP) is 7.72. The molecule has 0 amide bonds. The topological polar surface area (TPSA) is 35.5 Å². The van der Waals surface area contributed by atoms with Gasteiger partial charge < -0.3 is 14.0 Å². The van der Waals surface area contributed by atoms with Crippen LogP contribution in [0.15, 0.2) is 43.0 Å². The standard InChI is InChI=1S/C27H44O3S2Si/c1-8-25(30-33(6,7)26(3,4)5)22(2)27(31-18-13-19-32-27)20-24(16-12-17-28)29-21-23-14-10-9-11-15-23/h8-11,14-15,17,22,24-25H,1,12-13,16,18-21H2,2-7H3/t22-,24+,25+/m1/s1. The van der Waals surface area contributed by atoms with Gasteiger partial charge in [-0.3, -0.25) is 0 Å². The van der Waals surface area contributed by atoms with Crippen LogP contribution in [-0.2, 0) is 20.6 Å². The number of ether oxygens (including phenoxy) is 1. The molecular formula is C27H44O3S2Si. The van der Waals surface area contributed by atoms with Crippen molar-refractivity contribution >= 4 is 38.1 Å². The van der Waals surface area contributed by atoms with E-state index < -0.39 is 8.32 Å². The number of carbonyl (C=O) groups excluding carboxylic acids is 1. The first-order chi connectivity index (χ1) is 15.5. The van der Waals surface area contributed by atoms with E-state index in [0.29, 0.717) is 18.9 Å². The summed E-state index contributed by atoms with van der Waals surface area (Å²) in [4.78, 5) is 11.2. The number of benzene rings is 1. The van der Waals surface area contributed by atoms with Gasteiger partial charge in [-0.1, -0.05) is 64.1 Å². The van der Waals surface area contributed by atoms with Gasteiger partial charge in [-0.2, -0.15) is 0 Å². The van der Waals surface area contributed by atoms with Gasteiger partial charge in [0, 0.05) is 12.3 Å². The first-order valence-corrected chi connectivity index (χ1v) is 17.1.